The van der Waals surface area contributed by atoms with E-state index in [4.69, 9.17) is 23.2 Å². The van der Waals surface area contributed by atoms with Gasteiger partial charge in [-0.15, -0.1) is 0 Å². The van der Waals surface area contributed by atoms with Gasteiger partial charge in [0, 0.05) is 6.20 Å². The number of pyridine rings is 1. The quantitative estimate of drug-likeness (QED) is 0.843. The van der Waals surface area contributed by atoms with E-state index in [1.165, 1.54) is 10.8 Å². The molecule has 0 saturated carbocycles. The van der Waals surface area contributed by atoms with Gasteiger partial charge in [-0.1, -0.05) is 23.2 Å². The molecule has 2 aromatic rings. The summed E-state index contributed by atoms with van der Waals surface area (Å²) in [6.45, 7) is 0.119. The molecule has 0 aromatic carbocycles. The van der Waals surface area contributed by atoms with Crippen LogP contribution in [-0.4, -0.2) is 14.5 Å². The Kier molecular flexibility index (Phi) is 3.89. The first kappa shape index (κ1) is 13.3. The zero-order chi connectivity index (χ0) is 13.3. The van der Waals surface area contributed by atoms with Crippen LogP contribution < -0.4 is 11.2 Å². The summed E-state index contributed by atoms with van der Waals surface area (Å²) in [5.41, 5.74) is -0.576. The van der Waals surface area contributed by atoms with Gasteiger partial charge in [-0.3, -0.25) is 14.3 Å². The monoisotopic (exact) mass is 349 g/mol. The van der Waals surface area contributed by atoms with Gasteiger partial charge in [-0.2, -0.15) is 0 Å². The minimum absolute atomic E-state index is 0.119. The van der Waals surface area contributed by atoms with Crippen molar-refractivity contribution in [3.05, 3.63) is 59.5 Å². The van der Waals surface area contributed by atoms with Crippen molar-refractivity contribution >= 4 is 39.1 Å². The van der Waals surface area contributed by atoms with Crippen LogP contribution in [0.2, 0.25) is 10.2 Å². The zero-order valence-corrected chi connectivity index (χ0v) is 11.9. The van der Waals surface area contributed by atoms with Crippen LogP contribution in [-0.2, 0) is 6.54 Å². The number of nitrogens with one attached hydrogen (secondary N) is 1. The van der Waals surface area contributed by atoms with E-state index in [9.17, 15) is 9.59 Å². The third kappa shape index (κ3) is 2.82. The molecule has 0 atom stereocenters. The second kappa shape index (κ2) is 5.26. The largest absolute Gasteiger partial charge is 0.328 e. The molecule has 0 saturated heterocycles. The number of H-pyrrole nitrogens is 1. The molecule has 2 aromatic heterocycles. The molecule has 0 aliphatic heterocycles. The van der Waals surface area contributed by atoms with Crippen LogP contribution in [0.5, 0.6) is 0 Å². The summed E-state index contributed by atoms with van der Waals surface area (Å²) in [7, 11) is 0. The van der Waals surface area contributed by atoms with E-state index in [0.717, 1.165) is 0 Å². The number of aromatic nitrogens is 3. The first-order valence-electron chi connectivity index (χ1n) is 4.77. The Labute approximate surface area is 120 Å². The predicted molar refractivity (Wildman–Crippen MR) is 72.4 cm³/mol. The number of hydrogen-bond donors (Lipinski definition) is 1. The van der Waals surface area contributed by atoms with Gasteiger partial charge in [0.15, 0.2) is 0 Å². The number of aromatic amines is 1. The summed E-state index contributed by atoms with van der Waals surface area (Å²) in [6.07, 6.45) is 1.38. The smallest absolute Gasteiger partial charge is 0.293 e. The SMILES string of the molecule is O=c1[nH]c(=O)n(Cc2nc(Cl)ccc2Cl)cc1Br. The molecule has 0 bridgehead atoms. The summed E-state index contributed by atoms with van der Waals surface area (Å²) >= 11 is 14.7. The average Bonchev–Trinajstić information content (AvgIpc) is 2.30. The number of hydrogen-bond acceptors (Lipinski definition) is 3. The highest BCUT2D eigenvalue weighted by molar-refractivity contribution is 9.10. The molecule has 18 heavy (non-hydrogen) atoms. The van der Waals surface area contributed by atoms with Gasteiger partial charge < -0.3 is 0 Å². The molecule has 0 radical (unpaired) electrons. The van der Waals surface area contributed by atoms with Crippen molar-refractivity contribution in [3.8, 4) is 0 Å². The fourth-order valence-electron chi connectivity index (χ4n) is 1.33. The fraction of sp³-hybridized carbons (Fsp3) is 0.100. The summed E-state index contributed by atoms with van der Waals surface area (Å²) in [4.78, 5) is 29.0. The third-order valence-electron chi connectivity index (χ3n) is 2.17. The second-order valence-corrected chi connectivity index (χ2v) is 5.08. The molecule has 0 spiro atoms. The van der Waals surface area contributed by atoms with Crippen LogP contribution in [0.25, 0.3) is 0 Å². The molecular formula is C10H6BrCl2N3O2. The molecule has 2 heterocycles. The summed E-state index contributed by atoms with van der Waals surface area (Å²) in [5, 5.41) is 0.680. The minimum Gasteiger partial charge on any atom is -0.293 e. The highest BCUT2D eigenvalue weighted by Crippen LogP contribution is 2.17. The zero-order valence-electron chi connectivity index (χ0n) is 8.78. The van der Waals surface area contributed by atoms with Crippen molar-refractivity contribution in [1.82, 2.24) is 14.5 Å². The van der Waals surface area contributed by atoms with Crippen molar-refractivity contribution in [2.75, 3.05) is 0 Å². The molecule has 0 amide bonds. The Morgan fingerprint density at radius 3 is 2.78 bits per heavy atom. The van der Waals surface area contributed by atoms with E-state index in [2.05, 4.69) is 25.9 Å². The van der Waals surface area contributed by atoms with Crippen molar-refractivity contribution in [3.63, 3.8) is 0 Å². The summed E-state index contributed by atoms with van der Waals surface area (Å²) in [6, 6.07) is 3.15. The first-order chi connectivity index (χ1) is 8.47. The van der Waals surface area contributed by atoms with Crippen LogP contribution in [0.4, 0.5) is 0 Å². The number of rotatable bonds is 2. The van der Waals surface area contributed by atoms with Gasteiger partial charge in [0.25, 0.3) is 5.56 Å². The lowest BCUT2D eigenvalue weighted by atomic mass is 10.3. The Bertz CT molecular complexity index is 711. The van der Waals surface area contributed by atoms with Gasteiger partial charge in [0.05, 0.1) is 21.7 Å². The number of halogens is 3. The topological polar surface area (TPSA) is 67.8 Å². The van der Waals surface area contributed by atoms with Crippen LogP contribution in [0.15, 0.2) is 32.4 Å². The average molecular weight is 351 g/mol. The normalized spacial score (nSPS) is 10.6. The van der Waals surface area contributed by atoms with Gasteiger partial charge >= 0.3 is 5.69 Å². The maximum absolute atomic E-state index is 11.6. The van der Waals surface area contributed by atoms with E-state index < -0.39 is 11.2 Å². The van der Waals surface area contributed by atoms with Crippen molar-refractivity contribution in [1.29, 1.82) is 0 Å². The minimum atomic E-state index is -0.541. The van der Waals surface area contributed by atoms with Crippen molar-refractivity contribution in [2.45, 2.75) is 6.54 Å². The van der Waals surface area contributed by atoms with E-state index in [-0.39, 0.29) is 16.2 Å². The number of nitrogens with zero attached hydrogens (tertiary/aromatic N) is 2. The molecule has 5 nitrogen and oxygen atoms in total. The van der Waals surface area contributed by atoms with Crippen LogP contribution >= 0.6 is 39.1 Å². The third-order valence-corrected chi connectivity index (χ3v) is 3.29. The predicted octanol–water partition coefficient (Wildman–Crippen LogP) is 2.05. The summed E-state index contributed by atoms with van der Waals surface area (Å²) < 4.78 is 1.52. The van der Waals surface area contributed by atoms with E-state index >= 15 is 0 Å². The Morgan fingerprint density at radius 2 is 2.06 bits per heavy atom. The van der Waals surface area contributed by atoms with Gasteiger partial charge in [-0.05, 0) is 28.1 Å². The van der Waals surface area contributed by atoms with Crippen LogP contribution in [0.1, 0.15) is 5.69 Å². The molecule has 94 valence electrons. The van der Waals surface area contributed by atoms with E-state index in [1.54, 1.807) is 12.1 Å². The first-order valence-corrected chi connectivity index (χ1v) is 6.32. The van der Waals surface area contributed by atoms with Gasteiger partial charge in [0.1, 0.15) is 5.15 Å². The lowest BCUT2D eigenvalue weighted by Gasteiger charge is -2.06. The molecule has 8 heteroatoms. The Hall–Kier alpha value is -1.11. The molecule has 0 aliphatic carbocycles. The highest BCUT2D eigenvalue weighted by Gasteiger charge is 2.07. The second-order valence-electron chi connectivity index (χ2n) is 3.43. The summed E-state index contributed by atoms with van der Waals surface area (Å²) in [5.74, 6) is 0. The molecule has 0 unspecified atom stereocenters. The molecule has 0 fully saturated rings. The van der Waals surface area contributed by atoms with Crippen molar-refractivity contribution in [2.24, 2.45) is 0 Å². The standard InChI is InChI=1S/C10H6BrCl2N3O2/c11-5-3-16(10(18)15-9(5)17)4-7-6(12)1-2-8(13)14-7/h1-3H,4H2,(H,15,17,18). The maximum atomic E-state index is 11.6. The lowest BCUT2D eigenvalue weighted by molar-refractivity contribution is 0.701. The lowest BCUT2D eigenvalue weighted by Crippen LogP contribution is -2.30. The van der Waals surface area contributed by atoms with Gasteiger partial charge in [0.2, 0.25) is 0 Å². The van der Waals surface area contributed by atoms with Crippen LogP contribution in [0.3, 0.4) is 0 Å². The highest BCUT2D eigenvalue weighted by atomic mass is 79.9. The molecule has 1 N–H and O–H groups in total. The Balaban J connectivity index is 2.46. The Morgan fingerprint density at radius 1 is 1.33 bits per heavy atom. The van der Waals surface area contributed by atoms with Gasteiger partial charge in [-0.25, -0.2) is 9.78 Å². The van der Waals surface area contributed by atoms with E-state index in [1.807, 2.05) is 0 Å². The van der Waals surface area contributed by atoms with Crippen molar-refractivity contribution < 1.29 is 0 Å². The molecular weight excluding hydrogens is 345 g/mol. The van der Waals surface area contributed by atoms with E-state index in [0.29, 0.717) is 10.7 Å². The molecule has 2 rings (SSSR count). The fourth-order valence-corrected chi connectivity index (χ4v) is 2.01. The molecule has 0 aliphatic rings. The maximum Gasteiger partial charge on any atom is 0.328 e. The van der Waals surface area contributed by atoms with Crippen LogP contribution in [0, 0.1) is 0 Å².